The number of aryl methyl sites for hydroxylation is 1. The molecule has 0 saturated heterocycles. The summed E-state index contributed by atoms with van der Waals surface area (Å²) in [5.74, 6) is -0.0779. The molecule has 0 heterocycles. The molecule has 0 aliphatic carbocycles. The molecule has 2 N–H and O–H groups in total. The average molecular weight is 289 g/mol. The molecule has 0 aromatic heterocycles. The zero-order chi connectivity index (χ0) is 14.5. The number of anilines is 2. The van der Waals surface area contributed by atoms with E-state index in [1.54, 1.807) is 0 Å². The first kappa shape index (κ1) is 14.4. The van der Waals surface area contributed by atoms with Crippen LogP contribution >= 0.6 is 11.6 Å². The zero-order valence-electron chi connectivity index (χ0n) is 11.5. The minimum absolute atomic E-state index is 0.0779. The Labute approximate surface area is 124 Å². The molecule has 3 nitrogen and oxygen atoms in total. The molecule has 0 fully saturated rings. The van der Waals surface area contributed by atoms with Crippen molar-refractivity contribution in [3.8, 4) is 0 Å². The first-order valence-electron chi connectivity index (χ1n) is 6.42. The van der Waals surface area contributed by atoms with Crippen LogP contribution in [0.5, 0.6) is 0 Å². The summed E-state index contributed by atoms with van der Waals surface area (Å²) in [6, 6.07) is 13.6. The molecule has 0 atom stereocenters. The Morgan fingerprint density at radius 3 is 2.60 bits per heavy atom. The summed E-state index contributed by atoms with van der Waals surface area (Å²) in [7, 11) is 0. The first-order chi connectivity index (χ1) is 9.56. The third kappa shape index (κ3) is 3.75. The summed E-state index contributed by atoms with van der Waals surface area (Å²) in [6.45, 7) is 4.10. The smallest absolute Gasteiger partial charge is 0.221 e. The van der Waals surface area contributed by atoms with Gasteiger partial charge in [-0.25, -0.2) is 0 Å². The maximum atomic E-state index is 11.2. The van der Waals surface area contributed by atoms with Crippen molar-refractivity contribution in [3.05, 3.63) is 58.6 Å². The van der Waals surface area contributed by atoms with E-state index in [4.69, 9.17) is 11.6 Å². The van der Waals surface area contributed by atoms with Crippen molar-refractivity contribution >= 4 is 28.9 Å². The monoisotopic (exact) mass is 288 g/mol. The lowest BCUT2D eigenvalue weighted by molar-refractivity contribution is -0.114. The molecule has 0 aliphatic heterocycles. The molecule has 4 heteroatoms. The van der Waals surface area contributed by atoms with Gasteiger partial charge < -0.3 is 10.6 Å². The molecule has 2 aromatic rings. The van der Waals surface area contributed by atoms with Gasteiger partial charge in [0.2, 0.25) is 5.91 Å². The summed E-state index contributed by atoms with van der Waals surface area (Å²) in [5, 5.41) is 6.80. The first-order valence-corrected chi connectivity index (χ1v) is 6.79. The van der Waals surface area contributed by atoms with Crippen LogP contribution in [0.25, 0.3) is 0 Å². The zero-order valence-corrected chi connectivity index (χ0v) is 12.3. The second kappa shape index (κ2) is 6.44. The van der Waals surface area contributed by atoms with Crippen LogP contribution in [0.4, 0.5) is 11.4 Å². The number of hydrogen-bond acceptors (Lipinski definition) is 2. The highest BCUT2D eigenvalue weighted by molar-refractivity contribution is 6.33. The quantitative estimate of drug-likeness (QED) is 0.884. The number of halogens is 1. The van der Waals surface area contributed by atoms with Crippen LogP contribution in [0.15, 0.2) is 42.5 Å². The van der Waals surface area contributed by atoms with E-state index in [1.807, 2.05) is 49.4 Å². The lowest BCUT2D eigenvalue weighted by atomic mass is 10.1. The maximum absolute atomic E-state index is 11.2. The van der Waals surface area contributed by atoms with Gasteiger partial charge in [0.15, 0.2) is 0 Å². The molecule has 0 saturated carbocycles. The largest absolute Gasteiger partial charge is 0.380 e. The van der Waals surface area contributed by atoms with Crippen molar-refractivity contribution in [2.45, 2.75) is 20.4 Å². The van der Waals surface area contributed by atoms with Gasteiger partial charge in [-0.15, -0.1) is 0 Å². The van der Waals surface area contributed by atoms with Crippen molar-refractivity contribution in [1.29, 1.82) is 0 Å². The lowest BCUT2D eigenvalue weighted by Gasteiger charge is -2.13. The fourth-order valence-corrected chi connectivity index (χ4v) is 2.24. The second-order valence-electron chi connectivity index (χ2n) is 4.68. The molecule has 104 valence electrons. The highest BCUT2D eigenvalue weighted by Crippen LogP contribution is 2.24. The number of carbonyl (C=O) groups is 1. The van der Waals surface area contributed by atoms with E-state index in [9.17, 15) is 4.79 Å². The minimum atomic E-state index is -0.0779. The summed E-state index contributed by atoms with van der Waals surface area (Å²) in [6.07, 6.45) is 0. The predicted octanol–water partition coefficient (Wildman–Crippen LogP) is 4.22. The van der Waals surface area contributed by atoms with Crippen LogP contribution in [0, 0.1) is 6.92 Å². The second-order valence-corrected chi connectivity index (χ2v) is 5.08. The van der Waals surface area contributed by atoms with E-state index in [-0.39, 0.29) is 5.91 Å². The molecule has 0 unspecified atom stereocenters. The number of amides is 1. The summed E-state index contributed by atoms with van der Waals surface area (Å²) >= 11 is 6.19. The van der Waals surface area contributed by atoms with Crippen molar-refractivity contribution in [3.63, 3.8) is 0 Å². The van der Waals surface area contributed by atoms with E-state index in [0.717, 1.165) is 22.5 Å². The van der Waals surface area contributed by atoms with Gasteiger partial charge in [-0.05, 0) is 36.2 Å². The van der Waals surface area contributed by atoms with Crippen LogP contribution in [-0.4, -0.2) is 5.91 Å². The molecule has 0 spiro atoms. The number of carbonyl (C=O) groups excluding carboxylic acids is 1. The van der Waals surface area contributed by atoms with Gasteiger partial charge in [0.1, 0.15) is 0 Å². The van der Waals surface area contributed by atoms with Crippen LogP contribution in [0.3, 0.4) is 0 Å². The highest BCUT2D eigenvalue weighted by atomic mass is 35.5. The fraction of sp³-hybridized carbons (Fsp3) is 0.188. The molecule has 0 radical (unpaired) electrons. The standard InChI is InChI=1S/C16H17ClN2O/c1-11-7-8-16(14(17)9-11)18-10-13-5-3-4-6-15(13)19-12(2)20/h3-9,18H,10H2,1-2H3,(H,19,20). The van der Waals surface area contributed by atoms with Crippen LogP contribution < -0.4 is 10.6 Å². The SMILES string of the molecule is CC(=O)Nc1ccccc1CNc1ccc(C)cc1Cl. The Balaban J connectivity index is 2.12. The maximum Gasteiger partial charge on any atom is 0.221 e. The molecule has 1 amide bonds. The highest BCUT2D eigenvalue weighted by Gasteiger charge is 2.05. The number of hydrogen-bond donors (Lipinski definition) is 2. The third-order valence-corrected chi connectivity index (χ3v) is 3.23. The molecular formula is C16H17ClN2O. The van der Waals surface area contributed by atoms with Crippen LogP contribution in [-0.2, 0) is 11.3 Å². The Kier molecular flexibility index (Phi) is 4.64. The van der Waals surface area contributed by atoms with Gasteiger partial charge in [0.05, 0.1) is 10.7 Å². The number of nitrogens with one attached hydrogen (secondary N) is 2. The van der Waals surface area contributed by atoms with Gasteiger partial charge in [-0.3, -0.25) is 4.79 Å². The van der Waals surface area contributed by atoms with E-state index in [0.29, 0.717) is 11.6 Å². The average Bonchev–Trinajstić information content (AvgIpc) is 2.39. The van der Waals surface area contributed by atoms with E-state index < -0.39 is 0 Å². The molecule has 0 bridgehead atoms. The van der Waals surface area contributed by atoms with E-state index >= 15 is 0 Å². The van der Waals surface area contributed by atoms with Gasteiger partial charge >= 0.3 is 0 Å². The number of para-hydroxylation sites is 1. The van der Waals surface area contributed by atoms with Crippen molar-refractivity contribution < 1.29 is 4.79 Å². The Hall–Kier alpha value is -2.00. The van der Waals surface area contributed by atoms with E-state index in [2.05, 4.69) is 10.6 Å². The number of benzene rings is 2. The van der Waals surface area contributed by atoms with E-state index in [1.165, 1.54) is 6.92 Å². The lowest BCUT2D eigenvalue weighted by Crippen LogP contribution is -2.10. The minimum Gasteiger partial charge on any atom is -0.380 e. The molecule has 0 aliphatic rings. The van der Waals surface area contributed by atoms with Crippen molar-refractivity contribution in [2.75, 3.05) is 10.6 Å². The van der Waals surface area contributed by atoms with Crippen molar-refractivity contribution in [2.24, 2.45) is 0 Å². The van der Waals surface area contributed by atoms with Gasteiger partial charge in [-0.1, -0.05) is 35.9 Å². The van der Waals surface area contributed by atoms with Gasteiger partial charge in [0, 0.05) is 19.2 Å². The Morgan fingerprint density at radius 2 is 1.90 bits per heavy atom. The van der Waals surface area contributed by atoms with Gasteiger partial charge in [0.25, 0.3) is 0 Å². The topological polar surface area (TPSA) is 41.1 Å². The molecule has 2 aromatic carbocycles. The van der Waals surface area contributed by atoms with Crippen LogP contribution in [0.1, 0.15) is 18.1 Å². The van der Waals surface area contributed by atoms with Gasteiger partial charge in [-0.2, -0.15) is 0 Å². The third-order valence-electron chi connectivity index (χ3n) is 2.92. The molecule has 20 heavy (non-hydrogen) atoms. The molecular weight excluding hydrogens is 272 g/mol. The van der Waals surface area contributed by atoms with Crippen LogP contribution in [0.2, 0.25) is 5.02 Å². The summed E-state index contributed by atoms with van der Waals surface area (Å²) < 4.78 is 0. The summed E-state index contributed by atoms with van der Waals surface area (Å²) in [4.78, 5) is 11.2. The fourth-order valence-electron chi connectivity index (χ4n) is 1.94. The summed E-state index contributed by atoms with van der Waals surface area (Å²) in [5.41, 5.74) is 3.84. The normalized spacial score (nSPS) is 10.2. The predicted molar refractivity (Wildman–Crippen MR) is 84.3 cm³/mol. The van der Waals surface area contributed by atoms with Crippen molar-refractivity contribution in [1.82, 2.24) is 0 Å². The Bertz CT molecular complexity index is 626. The Morgan fingerprint density at radius 1 is 1.15 bits per heavy atom. The number of rotatable bonds is 4. The molecule has 2 rings (SSSR count).